The molecule has 0 atom stereocenters. The Kier molecular flexibility index (Phi) is 5.21. The largest absolute Gasteiger partial charge is 0.493 e. The Bertz CT molecular complexity index is 644. The van der Waals surface area contributed by atoms with Crippen molar-refractivity contribution in [3.63, 3.8) is 0 Å². The van der Waals surface area contributed by atoms with E-state index < -0.39 is 0 Å². The highest BCUT2D eigenvalue weighted by Crippen LogP contribution is 2.38. The molecule has 2 rings (SSSR count). The molecule has 1 aromatic carbocycles. The molecule has 1 N–H and O–H groups in total. The zero-order valence-electron chi connectivity index (χ0n) is 12.9. The van der Waals surface area contributed by atoms with Crippen LogP contribution < -0.4 is 19.5 Å². The third-order valence-corrected chi connectivity index (χ3v) is 3.96. The van der Waals surface area contributed by atoms with Crippen molar-refractivity contribution >= 4 is 17.2 Å². The number of amides is 1. The van der Waals surface area contributed by atoms with Gasteiger partial charge in [0.15, 0.2) is 11.5 Å². The second kappa shape index (κ2) is 7.13. The average Bonchev–Trinajstić information content (AvgIpc) is 2.96. The predicted molar refractivity (Wildman–Crippen MR) is 84.1 cm³/mol. The van der Waals surface area contributed by atoms with Gasteiger partial charge in [-0.15, -0.1) is 11.3 Å². The van der Waals surface area contributed by atoms with E-state index in [9.17, 15) is 4.79 Å². The van der Waals surface area contributed by atoms with Gasteiger partial charge >= 0.3 is 0 Å². The lowest BCUT2D eigenvalue weighted by Gasteiger charge is -2.13. The van der Waals surface area contributed by atoms with Gasteiger partial charge in [0.2, 0.25) is 5.75 Å². The first-order valence-electron chi connectivity index (χ1n) is 6.58. The van der Waals surface area contributed by atoms with Crippen molar-refractivity contribution in [2.75, 3.05) is 21.3 Å². The number of carbonyl (C=O) groups excluding carboxylic acids is 1. The Morgan fingerprint density at radius 1 is 1.18 bits per heavy atom. The minimum absolute atomic E-state index is 0.230. The molecule has 0 aliphatic rings. The van der Waals surface area contributed by atoms with Gasteiger partial charge in [0.25, 0.3) is 5.91 Å². The van der Waals surface area contributed by atoms with Crippen LogP contribution in [0, 0.1) is 6.92 Å². The molecule has 0 aliphatic heterocycles. The summed E-state index contributed by atoms with van der Waals surface area (Å²) in [6, 6.07) is 3.23. The molecule has 0 saturated carbocycles. The smallest absolute Gasteiger partial charge is 0.251 e. The van der Waals surface area contributed by atoms with E-state index in [1.54, 1.807) is 12.1 Å². The first-order chi connectivity index (χ1) is 10.6. The van der Waals surface area contributed by atoms with Crippen molar-refractivity contribution < 1.29 is 19.0 Å². The van der Waals surface area contributed by atoms with Gasteiger partial charge in [0, 0.05) is 16.6 Å². The quantitative estimate of drug-likeness (QED) is 0.884. The van der Waals surface area contributed by atoms with Gasteiger partial charge < -0.3 is 19.5 Å². The van der Waals surface area contributed by atoms with E-state index in [4.69, 9.17) is 14.2 Å². The number of ether oxygens (including phenoxy) is 3. The Hall–Kier alpha value is -2.28. The normalized spacial score (nSPS) is 10.2. The molecule has 6 nitrogen and oxygen atoms in total. The van der Waals surface area contributed by atoms with Crippen molar-refractivity contribution in [3.05, 3.63) is 33.8 Å². The molecule has 0 unspecified atom stereocenters. The summed E-state index contributed by atoms with van der Waals surface area (Å²) in [6.07, 6.45) is 0. The van der Waals surface area contributed by atoms with E-state index in [2.05, 4.69) is 10.3 Å². The highest BCUT2D eigenvalue weighted by molar-refractivity contribution is 7.09. The maximum absolute atomic E-state index is 12.3. The first-order valence-corrected chi connectivity index (χ1v) is 7.46. The van der Waals surface area contributed by atoms with Crippen molar-refractivity contribution in [1.82, 2.24) is 10.3 Å². The maximum Gasteiger partial charge on any atom is 0.251 e. The molecule has 0 saturated heterocycles. The number of hydrogen-bond donors (Lipinski definition) is 1. The van der Waals surface area contributed by atoms with Crippen LogP contribution >= 0.6 is 11.3 Å². The number of rotatable bonds is 6. The van der Waals surface area contributed by atoms with Crippen LogP contribution in [0.15, 0.2) is 17.5 Å². The van der Waals surface area contributed by atoms with Crippen LogP contribution in [0.5, 0.6) is 17.2 Å². The summed E-state index contributed by atoms with van der Waals surface area (Å²) in [6.45, 7) is 2.30. The number of aryl methyl sites for hydroxylation is 1. The SMILES string of the molecule is COc1cc(C(=O)NCc2nc(C)cs2)cc(OC)c1OC. The Labute approximate surface area is 133 Å². The Balaban J connectivity index is 2.18. The molecular formula is C15H18N2O4S. The molecule has 22 heavy (non-hydrogen) atoms. The van der Waals surface area contributed by atoms with Crippen LogP contribution in [0.2, 0.25) is 0 Å². The van der Waals surface area contributed by atoms with Crippen molar-refractivity contribution in [1.29, 1.82) is 0 Å². The molecule has 7 heteroatoms. The lowest BCUT2D eigenvalue weighted by molar-refractivity contribution is 0.0950. The van der Waals surface area contributed by atoms with Crippen LogP contribution in [-0.2, 0) is 6.54 Å². The predicted octanol–water partition coefficient (Wildman–Crippen LogP) is 2.41. The minimum Gasteiger partial charge on any atom is -0.493 e. The molecule has 2 aromatic rings. The van der Waals surface area contributed by atoms with Crippen molar-refractivity contribution in [2.45, 2.75) is 13.5 Å². The van der Waals surface area contributed by atoms with E-state index in [1.165, 1.54) is 32.7 Å². The molecule has 1 amide bonds. The summed E-state index contributed by atoms with van der Waals surface area (Å²) in [5, 5.41) is 5.63. The standard InChI is InChI=1S/C15H18N2O4S/c1-9-8-22-13(17-9)7-16-15(18)10-5-11(19-2)14(21-4)12(6-10)20-3/h5-6,8H,7H2,1-4H3,(H,16,18). The molecule has 118 valence electrons. The van der Waals surface area contributed by atoms with E-state index in [1.807, 2.05) is 12.3 Å². The van der Waals surface area contributed by atoms with Crippen LogP contribution in [0.3, 0.4) is 0 Å². The second-order valence-electron chi connectivity index (χ2n) is 4.48. The monoisotopic (exact) mass is 322 g/mol. The van der Waals surface area contributed by atoms with E-state index >= 15 is 0 Å². The van der Waals surface area contributed by atoms with Crippen LogP contribution in [0.25, 0.3) is 0 Å². The fraction of sp³-hybridized carbons (Fsp3) is 0.333. The van der Waals surface area contributed by atoms with Crippen molar-refractivity contribution in [2.24, 2.45) is 0 Å². The molecule has 0 bridgehead atoms. The Morgan fingerprint density at radius 2 is 1.82 bits per heavy atom. The number of thiazole rings is 1. The zero-order valence-corrected chi connectivity index (χ0v) is 13.7. The second-order valence-corrected chi connectivity index (χ2v) is 5.42. The van der Waals surface area contributed by atoms with Crippen LogP contribution in [0.4, 0.5) is 0 Å². The zero-order chi connectivity index (χ0) is 16.1. The van der Waals surface area contributed by atoms with E-state index in [-0.39, 0.29) is 5.91 Å². The molecule has 0 fully saturated rings. The number of methoxy groups -OCH3 is 3. The molecule has 1 heterocycles. The summed E-state index contributed by atoms with van der Waals surface area (Å²) in [5.74, 6) is 1.11. The lowest BCUT2D eigenvalue weighted by Crippen LogP contribution is -2.22. The van der Waals surface area contributed by atoms with Crippen LogP contribution in [0.1, 0.15) is 21.1 Å². The summed E-state index contributed by atoms with van der Waals surface area (Å²) < 4.78 is 15.7. The van der Waals surface area contributed by atoms with E-state index in [0.717, 1.165) is 10.7 Å². The maximum atomic E-state index is 12.3. The highest BCUT2D eigenvalue weighted by atomic mass is 32.1. The number of carbonyl (C=O) groups is 1. The van der Waals surface area contributed by atoms with Gasteiger partial charge in [-0.2, -0.15) is 0 Å². The molecule has 0 aliphatic carbocycles. The summed E-state index contributed by atoms with van der Waals surface area (Å²) in [4.78, 5) is 16.6. The number of nitrogens with one attached hydrogen (secondary N) is 1. The Morgan fingerprint density at radius 3 is 2.27 bits per heavy atom. The minimum atomic E-state index is -0.230. The van der Waals surface area contributed by atoms with Crippen LogP contribution in [-0.4, -0.2) is 32.2 Å². The van der Waals surface area contributed by atoms with Gasteiger partial charge in [-0.1, -0.05) is 0 Å². The summed E-state index contributed by atoms with van der Waals surface area (Å²) in [5.41, 5.74) is 1.38. The van der Waals surface area contributed by atoms with Gasteiger partial charge in [0.05, 0.1) is 27.9 Å². The molecule has 0 radical (unpaired) electrons. The topological polar surface area (TPSA) is 69.7 Å². The average molecular weight is 322 g/mol. The van der Waals surface area contributed by atoms with Gasteiger partial charge in [-0.25, -0.2) is 4.98 Å². The summed E-state index contributed by atoms with van der Waals surface area (Å²) in [7, 11) is 4.54. The first kappa shape index (κ1) is 16.1. The fourth-order valence-corrected chi connectivity index (χ4v) is 2.67. The number of hydrogen-bond acceptors (Lipinski definition) is 6. The lowest BCUT2D eigenvalue weighted by atomic mass is 10.1. The highest BCUT2D eigenvalue weighted by Gasteiger charge is 2.17. The number of benzene rings is 1. The molecule has 1 aromatic heterocycles. The third kappa shape index (κ3) is 3.48. The van der Waals surface area contributed by atoms with E-state index in [0.29, 0.717) is 29.4 Å². The third-order valence-electron chi connectivity index (χ3n) is 2.99. The number of aromatic nitrogens is 1. The van der Waals surface area contributed by atoms with Gasteiger partial charge in [-0.05, 0) is 19.1 Å². The fourth-order valence-electron chi connectivity index (χ4n) is 1.95. The number of nitrogens with zero attached hydrogens (tertiary/aromatic N) is 1. The molecule has 0 spiro atoms. The van der Waals surface area contributed by atoms with Gasteiger partial charge in [-0.3, -0.25) is 4.79 Å². The van der Waals surface area contributed by atoms with Gasteiger partial charge in [0.1, 0.15) is 5.01 Å². The molecular weight excluding hydrogens is 304 g/mol. The summed E-state index contributed by atoms with van der Waals surface area (Å²) >= 11 is 1.51. The van der Waals surface area contributed by atoms with Crippen molar-refractivity contribution in [3.8, 4) is 17.2 Å².